The number of anilines is 1. The van der Waals surface area contributed by atoms with Gasteiger partial charge in [-0.05, 0) is 75.1 Å². The second-order valence-corrected chi connectivity index (χ2v) is 11.2. The maximum absolute atomic E-state index is 12.5. The minimum absolute atomic E-state index is 0.183. The van der Waals surface area contributed by atoms with Crippen LogP contribution < -0.4 is 4.72 Å². The third kappa shape index (κ3) is 3.95. The Morgan fingerprint density at radius 2 is 1.91 bits per heavy atom. The van der Waals surface area contributed by atoms with Crippen molar-refractivity contribution in [1.29, 1.82) is 0 Å². The fourth-order valence-corrected chi connectivity index (χ4v) is 5.06. The van der Waals surface area contributed by atoms with E-state index in [1.54, 1.807) is 20.0 Å². The van der Waals surface area contributed by atoms with E-state index >= 15 is 0 Å². The molecule has 0 aliphatic rings. The first-order valence-electron chi connectivity index (χ1n) is 11.5. The Bertz CT molecular complexity index is 1660. The molecule has 5 rings (SSSR count). The highest BCUT2D eigenvalue weighted by Gasteiger charge is 2.22. The molecule has 3 aromatic heterocycles. The molecular weight excluding hydrogens is 462 g/mol. The van der Waals surface area contributed by atoms with Gasteiger partial charge in [-0.15, -0.1) is 0 Å². The van der Waals surface area contributed by atoms with Crippen LogP contribution >= 0.6 is 0 Å². The number of hydrogen-bond donors (Lipinski definition) is 2. The molecule has 0 bridgehead atoms. The lowest BCUT2D eigenvalue weighted by atomic mass is 9.90. The highest BCUT2D eigenvalue weighted by molar-refractivity contribution is 7.93. The van der Waals surface area contributed by atoms with Crippen molar-refractivity contribution in [3.05, 3.63) is 59.6 Å². The van der Waals surface area contributed by atoms with Crippen LogP contribution in [0.2, 0.25) is 0 Å². The second-order valence-electron chi connectivity index (χ2n) is 8.92. The summed E-state index contributed by atoms with van der Waals surface area (Å²) in [5.41, 5.74) is 7.93. The van der Waals surface area contributed by atoms with Crippen LogP contribution in [0.3, 0.4) is 0 Å². The first-order valence-corrected chi connectivity index (χ1v) is 13.1. The lowest BCUT2D eigenvalue weighted by Gasteiger charge is -2.14. The van der Waals surface area contributed by atoms with E-state index < -0.39 is 15.3 Å². The van der Waals surface area contributed by atoms with Gasteiger partial charge in [0.1, 0.15) is 5.76 Å². The van der Waals surface area contributed by atoms with Crippen molar-refractivity contribution in [2.24, 2.45) is 0 Å². The molecule has 0 aliphatic carbocycles. The molecule has 0 atom stereocenters. The number of nitrogens with one attached hydrogen (secondary N) is 2. The van der Waals surface area contributed by atoms with Gasteiger partial charge in [0.05, 0.1) is 27.5 Å². The second kappa shape index (κ2) is 8.49. The van der Waals surface area contributed by atoms with Crippen LogP contribution in [0, 0.1) is 13.8 Å². The molecule has 0 saturated carbocycles. The van der Waals surface area contributed by atoms with Crippen molar-refractivity contribution >= 4 is 37.9 Å². The van der Waals surface area contributed by atoms with Gasteiger partial charge in [0, 0.05) is 22.7 Å². The summed E-state index contributed by atoms with van der Waals surface area (Å²) in [6, 6.07) is 12.1. The Labute approximate surface area is 203 Å². The highest BCUT2D eigenvalue weighted by atomic mass is 32.2. The van der Waals surface area contributed by atoms with Crippen LogP contribution in [0.1, 0.15) is 37.8 Å². The molecule has 0 saturated heterocycles. The summed E-state index contributed by atoms with van der Waals surface area (Å²) >= 11 is 0. The average molecular weight is 490 g/mol. The van der Waals surface area contributed by atoms with E-state index in [1.807, 2.05) is 32.0 Å². The van der Waals surface area contributed by atoms with E-state index in [9.17, 15) is 8.42 Å². The fourth-order valence-electron chi connectivity index (χ4n) is 4.46. The standard InChI is InChI=1S/C26H27N5O3S/c1-6-17-9-10-21-19(8-7-11-27-21)24(17)20-12-18(23-15(4)30-34-16(23)5)13-22-25(20)29-26(28-22)31-35(32,33)14(2)3/h7-14H,6H2,1-5H3,(H2,28,29,31). The molecule has 0 aliphatic heterocycles. The lowest BCUT2D eigenvalue weighted by Crippen LogP contribution is -2.23. The van der Waals surface area contributed by atoms with Crippen LogP contribution in [0.5, 0.6) is 0 Å². The fraction of sp³-hybridized carbons (Fsp3) is 0.269. The van der Waals surface area contributed by atoms with Gasteiger partial charge in [-0.3, -0.25) is 9.71 Å². The number of pyridine rings is 1. The molecule has 0 amide bonds. The van der Waals surface area contributed by atoms with E-state index in [0.29, 0.717) is 16.8 Å². The first kappa shape index (κ1) is 23.0. The molecule has 0 spiro atoms. The number of aryl methyl sites for hydroxylation is 3. The molecule has 2 aromatic carbocycles. The van der Waals surface area contributed by atoms with Gasteiger partial charge < -0.3 is 9.51 Å². The molecule has 8 nitrogen and oxygen atoms in total. The topological polar surface area (TPSA) is 114 Å². The number of fused-ring (bicyclic) bond motifs is 2. The quantitative estimate of drug-likeness (QED) is 0.313. The van der Waals surface area contributed by atoms with E-state index in [0.717, 1.165) is 50.8 Å². The number of aromatic amines is 1. The molecule has 0 radical (unpaired) electrons. The monoisotopic (exact) mass is 489 g/mol. The summed E-state index contributed by atoms with van der Waals surface area (Å²) in [5.74, 6) is 0.894. The largest absolute Gasteiger partial charge is 0.361 e. The lowest BCUT2D eigenvalue weighted by molar-refractivity contribution is 0.393. The van der Waals surface area contributed by atoms with Gasteiger partial charge in [0.25, 0.3) is 0 Å². The summed E-state index contributed by atoms with van der Waals surface area (Å²) in [4.78, 5) is 12.4. The minimum atomic E-state index is -3.57. The van der Waals surface area contributed by atoms with E-state index in [1.165, 1.54) is 0 Å². The van der Waals surface area contributed by atoms with Crippen LogP contribution in [-0.4, -0.2) is 33.8 Å². The zero-order valence-electron chi connectivity index (χ0n) is 20.3. The van der Waals surface area contributed by atoms with Crippen molar-refractivity contribution < 1.29 is 12.9 Å². The van der Waals surface area contributed by atoms with Crippen LogP contribution in [0.15, 0.2) is 47.1 Å². The molecule has 2 N–H and O–H groups in total. The summed E-state index contributed by atoms with van der Waals surface area (Å²) in [6.45, 7) is 9.16. The van der Waals surface area contributed by atoms with Crippen molar-refractivity contribution in [1.82, 2.24) is 20.1 Å². The molecule has 3 heterocycles. The van der Waals surface area contributed by atoms with Gasteiger partial charge in [0.15, 0.2) is 0 Å². The Morgan fingerprint density at radius 3 is 2.60 bits per heavy atom. The SMILES string of the molecule is CCc1ccc2ncccc2c1-c1cc(-c2c(C)noc2C)cc2[nH]c(NS(=O)(=O)C(C)C)nc12. The maximum Gasteiger partial charge on any atom is 0.237 e. The molecular formula is C26H27N5O3S. The smallest absolute Gasteiger partial charge is 0.237 e. The molecule has 0 unspecified atom stereocenters. The number of sulfonamides is 1. The van der Waals surface area contributed by atoms with E-state index in [4.69, 9.17) is 9.51 Å². The number of nitrogens with zero attached hydrogens (tertiary/aromatic N) is 3. The Hall–Kier alpha value is -3.72. The van der Waals surface area contributed by atoms with Crippen LogP contribution in [-0.2, 0) is 16.4 Å². The van der Waals surface area contributed by atoms with E-state index in [-0.39, 0.29) is 5.95 Å². The van der Waals surface area contributed by atoms with Gasteiger partial charge in [0.2, 0.25) is 16.0 Å². The number of imidazole rings is 1. The number of rotatable bonds is 6. The minimum Gasteiger partial charge on any atom is -0.361 e. The summed E-state index contributed by atoms with van der Waals surface area (Å²) < 4.78 is 33.1. The Balaban J connectivity index is 1.85. The zero-order chi connectivity index (χ0) is 24.9. The van der Waals surface area contributed by atoms with Crippen molar-refractivity contribution in [3.8, 4) is 22.3 Å². The Kier molecular flexibility index (Phi) is 5.59. The Morgan fingerprint density at radius 1 is 1.11 bits per heavy atom. The molecule has 0 fully saturated rings. The number of benzene rings is 2. The zero-order valence-corrected chi connectivity index (χ0v) is 21.1. The third-order valence-electron chi connectivity index (χ3n) is 6.29. The number of aromatic nitrogens is 4. The van der Waals surface area contributed by atoms with Crippen molar-refractivity contribution in [2.75, 3.05) is 4.72 Å². The van der Waals surface area contributed by atoms with Crippen molar-refractivity contribution in [2.45, 2.75) is 46.3 Å². The predicted molar refractivity (Wildman–Crippen MR) is 139 cm³/mol. The molecule has 9 heteroatoms. The number of hydrogen-bond acceptors (Lipinski definition) is 6. The van der Waals surface area contributed by atoms with Crippen LogP contribution in [0.25, 0.3) is 44.2 Å². The highest BCUT2D eigenvalue weighted by Crippen LogP contribution is 2.40. The first-order chi connectivity index (χ1) is 16.7. The van der Waals surface area contributed by atoms with Gasteiger partial charge >= 0.3 is 0 Å². The summed E-state index contributed by atoms with van der Waals surface area (Å²) in [7, 11) is -3.57. The van der Waals surface area contributed by atoms with Crippen molar-refractivity contribution in [3.63, 3.8) is 0 Å². The maximum atomic E-state index is 12.5. The van der Waals surface area contributed by atoms with Gasteiger partial charge in [-0.25, -0.2) is 13.4 Å². The van der Waals surface area contributed by atoms with Gasteiger partial charge in [-0.2, -0.15) is 0 Å². The van der Waals surface area contributed by atoms with Crippen LogP contribution in [0.4, 0.5) is 5.95 Å². The predicted octanol–water partition coefficient (Wildman–Crippen LogP) is 5.76. The van der Waals surface area contributed by atoms with Gasteiger partial charge in [-0.1, -0.05) is 24.2 Å². The summed E-state index contributed by atoms with van der Waals surface area (Å²) in [6.07, 6.45) is 2.59. The average Bonchev–Trinajstić information content (AvgIpc) is 3.38. The van der Waals surface area contributed by atoms with E-state index in [2.05, 4.69) is 45.0 Å². The molecule has 35 heavy (non-hydrogen) atoms. The molecule has 180 valence electrons. The number of H-pyrrole nitrogens is 1. The normalized spacial score (nSPS) is 12.2. The third-order valence-corrected chi connectivity index (χ3v) is 8.01. The molecule has 5 aromatic rings. The summed E-state index contributed by atoms with van der Waals surface area (Å²) in [5, 5.41) is 4.55.